The molecule has 170 valence electrons. The summed E-state index contributed by atoms with van der Waals surface area (Å²) in [4.78, 5) is 22.2. The summed E-state index contributed by atoms with van der Waals surface area (Å²) >= 11 is 0. The largest absolute Gasteiger partial charge is 0.383 e. The maximum Gasteiger partial charge on any atom is 0.328 e. The number of piperidine rings is 1. The summed E-state index contributed by atoms with van der Waals surface area (Å²) in [5.41, 5.74) is 2.00. The van der Waals surface area contributed by atoms with E-state index in [1.165, 1.54) is 0 Å². The van der Waals surface area contributed by atoms with Crippen molar-refractivity contribution in [2.24, 2.45) is 0 Å². The summed E-state index contributed by atoms with van der Waals surface area (Å²) in [6.45, 7) is 7.10. The van der Waals surface area contributed by atoms with Gasteiger partial charge in [0.1, 0.15) is 0 Å². The van der Waals surface area contributed by atoms with Crippen LogP contribution in [0, 0.1) is 0 Å². The fourth-order valence-corrected chi connectivity index (χ4v) is 4.47. The maximum atomic E-state index is 13.2. The fourth-order valence-electron chi connectivity index (χ4n) is 4.47. The summed E-state index contributed by atoms with van der Waals surface area (Å²) in [5.74, 6) is 0.958. The minimum Gasteiger partial charge on any atom is -0.383 e. The standard InChI is InChI=1S/C25H33N5O2/c1-19(2)27-22-8-6-13-26-24(22)29(17-18-32-3)21-11-14-28(15-12-21)25(31)30-16-10-20-7-4-5-9-23(20)30/h4-10,13,16,19,21,27H,11-12,14-15,17-18H2,1-3H3. The zero-order chi connectivity index (χ0) is 22.5. The molecule has 2 aromatic heterocycles. The Morgan fingerprint density at radius 1 is 1.19 bits per heavy atom. The monoisotopic (exact) mass is 435 g/mol. The summed E-state index contributed by atoms with van der Waals surface area (Å²) < 4.78 is 7.16. The second kappa shape index (κ2) is 10.0. The topological polar surface area (TPSA) is 62.6 Å². The van der Waals surface area contributed by atoms with Gasteiger partial charge in [0.05, 0.1) is 17.8 Å². The minimum atomic E-state index is 0.0492. The number of hydrogen-bond acceptors (Lipinski definition) is 5. The summed E-state index contributed by atoms with van der Waals surface area (Å²) in [5, 5.41) is 4.60. The molecule has 0 aliphatic carbocycles. The van der Waals surface area contributed by atoms with E-state index in [0.717, 1.165) is 54.9 Å². The Labute approximate surface area is 190 Å². The predicted molar refractivity (Wildman–Crippen MR) is 130 cm³/mol. The number of amides is 1. The van der Waals surface area contributed by atoms with E-state index in [4.69, 9.17) is 9.72 Å². The highest BCUT2D eigenvalue weighted by atomic mass is 16.5. The first kappa shape index (κ1) is 22.1. The molecule has 3 heterocycles. The van der Waals surface area contributed by atoms with Crippen LogP contribution in [-0.2, 0) is 4.74 Å². The summed E-state index contributed by atoms with van der Waals surface area (Å²) in [6, 6.07) is 14.7. The molecule has 0 unspecified atom stereocenters. The van der Waals surface area contributed by atoms with Crippen molar-refractivity contribution < 1.29 is 9.53 Å². The molecule has 7 heteroatoms. The molecule has 1 saturated heterocycles. The minimum absolute atomic E-state index is 0.0492. The molecular formula is C25H33N5O2. The average Bonchev–Trinajstić information content (AvgIpc) is 3.24. The van der Waals surface area contributed by atoms with Crippen LogP contribution in [0.15, 0.2) is 54.9 Å². The maximum absolute atomic E-state index is 13.2. The smallest absolute Gasteiger partial charge is 0.328 e. The first-order chi connectivity index (χ1) is 15.6. The van der Waals surface area contributed by atoms with Crippen molar-refractivity contribution >= 4 is 28.4 Å². The van der Waals surface area contributed by atoms with E-state index < -0.39 is 0 Å². The Bertz CT molecular complexity index is 1040. The predicted octanol–water partition coefficient (Wildman–Crippen LogP) is 4.44. The molecule has 1 fully saturated rings. The lowest BCUT2D eigenvalue weighted by atomic mass is 10.0. The second-order valence-corrected chi connectivity index (χ2v) is 8.61. The van der Waals surface area contributed by atoms with Crippen molar-refractivity contribution in [3.63, 3.8) is 0 Å². The number of carbonyl (C=O) groups is 1. The lowest BCUT2D eigenvalue weighted by molar-refractivity contribution is 0.176. The van der Waals surface area contributed by atoms with E-state index in [0.29, 0.717) is 18.7 Å². The van der Waals surface area contributed by atoms with E-state index in [1.807, 2.05) is 53.7 Å². The first-order valence-corrected chi connectivity index (χ1v) is 11.4. The van der Waals surface area contributed by atoms with Gasteiger partial charge < -0.3 is 19.9 Å². The summed E-state index contributed by atoms with van der Waals surface area (Å²) in [6.07, 6.45) is 5.51. The molecular weight excluding hydrogens is 402 g/mol. The molecule has 1 aromatic carbocycles. The molecule has 0 bridgehead atoms. The van der Waals surface area contributed by atoms with E-state index in [1.54, 1.807) is 11.7 Å². The Morgan fingerprint density at radius 2 is 1.97 bits per heavy atom. The Balaban J connectivity index is 1.49. The van der Waals surface area contributed by atoms with Crippen LogP contribution in [0.1, 0.15) is 26.7 Å². The van der Waals surface area contributed by atoms with Gasteiger partial charge in [0, 0.05) is 56.6 Å². The van der Waals surface area contributed by atoms with Crippen LogP contribution in [0.2, 0.25) is 0 Å². The first-order valence-electron chi connectivity index (χ1n) is 11.4. The third kappa shape index (κ3) is 4.72. The van der Waals surface area contributed by atoms with Crippen molar-refractivity contribution in [1.29, 1.82) is 0 Å². The molecule has 0 saturated carbocycles. The number of nitrogens with zero attached hydrogens (tertiary/aromatic N) is 4. The van der Waals surface area contributed by atoms with Gasteiger partial charge in [-0.3, -0.25) is 4.57 Å². The number of para-hydroxylation sites is 1. The van der Waals surface area contributed by atoms with Gasteiger partial charge in [-0.2, -0.15) is 0 Å². The van der Waals surface area contributed by atoms with Crippen molar-refractivity contribution in [3.05, 3.63) is 54.9 Å². The number of pyridine rings is 1. The van der Waals surface area contributed by atoms with Gasteiger partial charge in [0.25, 0.3) is 0 Å². The van der Waals surface area contributed by atoms with Crippen LogP contribution in [0.25, 0.3) is 10.9 Å². The van der Waals surface area contributed by atoms with Crippen molar-refractivity contribution in [1.82, 2.24) is 14.5 Å². The van der Waals surface area contributed by atoms with Crippen LogP contribution in [0.4, 0.5) is 16.3 Å². The SMILES string of the molecule is COCCN(c1ncccc1NC(C)C)C1CCN(C(=O)n2ccc3ccccc32)CC1. The van der Waals surface area contributed by atoms with Gasteiger partial charge in [0.2, 0.25) is 0 Å². The van der Waals surface area contributed by atoms with E-state index >= 15 is 0 Å². The normalized spacial score (nSPS) is 14.8. The number of fused-ring (bicyclic) bond motifs is 1. The summed E-state index contributed by atoms with van der Waals surface area (Å²) in [7, 11) is 1.73. The quantitative estimate of drug-likeness (QED) is 0.594. The third-order valence-corrected chi connectivity index (χ3v) is 6.02. The lowest BCUT2D eigenvalue weighted by Gasteiger charge is -2.40. The highest BCUT2D eigenvalue weighted by Gasteiger charge is 2.29. The number of likely N-dealkylation sites (tertiary alicyclic amines) is 1. The molecule has 0 atom stereocenters. The molecule has 32 heavy (non-hydrogen) atoms. The number of aromatic nitrogens is 2. The molecule has 0 spiro atoms. The number of rotatable bonds is 7. The van der Waals surface area contributed by atoms with Crippen LogP contribution in [-0.4, -0.2) is 65.9 Å². The second-order valence-electron chi connectivity index (χ2n) is 8.61. The van der Waals surface area contributed by atoms with Gasteiger partial charge in [-0.25, -0.2) is 9.78 Å². The van der Waals surface area contributed by atoms with Crippen LogP contribution >= 0.6 is 0 Å². The number of ether oxygens (including phenoxy) is 1. The van der Waals surface area contributed by atoms with E-state index in [-0.39, 0.29) is 6.03 Å². The number of carbonyl (C=O) groups excluding carboxylic acids is 1. The van der Waals surface area contributed by atoms with Crippen molar-refractivity contribution in [3.8, 4) is 0 Å². The highest BCUT2D eigenvalue weighted by Crippen LogP contribution is 2.29. The zero-order valence-corrected chi connectivity index (χ0v) is 19.2. The Kier molecular flexibility index (Phi) is 6.95. The van der Waals surface area contributed by atoms with E-state index in [2.05, 4.69) is 30.1 Å². The van der Waals surface area contributed by atoms with Crippen molar-refractivity contribution in [2.45, 2.75) is 38.8 Å². The fraction of sp³-hybridized carbons (Fsp3) is 0.440. The third-order valence-electron chi connectivity index (χ3n) is 6.02. The number of methoxy groups -OCH3 is 1. The molecule has 1 aliphatic heterocycles. The number of benzene rings is 1. The molecule has 7 nitrogen and oxygen atoms in total. The molecule has 4 rings (SSSR count). The molecule has 1 amide bonds. The Hall–Kier alpha value is -3.06. The van der Waals surface area contributed by atoms with Crippen LogP contribution < -0.4 is 10.2 Å². The average molecular weight is 436 g/mol. The lowest BCUT2D eigenvalue weighted by Crippen LogP contribution is -2.49. The van der Waals surface area contributed by atoms with Gasteiger partial charge in [-0.1, -0.05) is 18.2 Å². The van der Waals surface area contributed by atoms with Gasteiger partial charge in [-0.15, -0.1) is 0 Å². The molecule has 0 radical (unpaired) electrons. The highest BCUT2D eigenvalue weighted by molar-refractivity contribution is 5.91. The van der Waals surface area contributed by atoms with Gasteiger partial charge in [-0.05, 0) is 51.0 Å². The van der Waals surface area contributed by atoms with Crippen LogP contribution in [0.5, 0.6) is 0 Å². The van der Waals surface area contributed by atoms with Crippen molar-refractivity contribution in [2.75, 3.05) is 43.6 Å². The Morgan fingerprint density at radius 3 is 2.72 bits per heavy atom. The molecule has 1 aliphatic rings. The van der Waals surface area contributed by atoms with Crippen LogP contribution in [0.3, 0.4) is 0 Å². The van der Waals surface area contributed by atoms with E-state index in [9.17, 15) is 4.79 Å². The zero-order valence-electron chi connectivity index (χ0n) is 19.2. The van der Waals surface area contributed by atoms with Gasteiger partial charge in [0.15, 0.2) is 5.82 Å². The number of anilines is 2. The van der Waals surface area contributed by atoms with Gasteiger partial charge >= 0.3 is 6.03 Å². The number of hydrogen-bond donors (Lipinski definition) is 1. The molecule has 1 N–H and O–H groups in total. The molecule has 3 aromatic rings. The number of nitrogens with one attached hydrogen (secondary N) is 1.